The Balaban J connectivity index is 2.71. The van der Waals surface area contributed by atoms with Crippen molar-refractivity contribution >= 4 is 34.4 Å². The maximum atomic E-state index is 6.00. The lowest BCUT2D eigenvalue weighted by molar-refractivity contribution is 0.798. The van der Waals surface area contributed by atoms with E-state index in [4.69, 9.17) is 23.2 Å². The van der Waals surface area contributed by atoms with Crippen LogP contribution in [0, 0.1) is 0 Å². The molecule has 0 aromatic carbocycles. The van der Waals surface area contributed by atoms with Crippen molar-refractivity contribution in [1.29, 1.82) is 0 Å². The molecular formula is C9H9Cl2N3. The second-order valence-electron chi connectivity index (χ2n) is 3.40. The highest BCUT2D eigenvalue weighted by molar-refractivity contribution is 6.44. The zero-order valence-electron chi connectivity index (χ0n) is 7.81. The van der Waals surface area contributed by atoms with Crippen LogP contribution >= 0.6 is 23.2 Å². The summed E-state index contributed by atoms with van der Waals surface area (Å²) in [7, 11) is 0. The number of aromatic nitrogens is 3. The van der Waals surface area contributed by atoms with E-state index >= 15 is 0 Å². The van der Waals surface area contributed by atoms with Gasteiger partial charge in [-0.25, -0.2) is 9.97 Å². The summed E-state index contributed by atoms with van der Waals surface area (Å²) in [6, 6.07) is 0. The number of hydrogen-bond donors (Lipinski definition) is 1. The van der Waals surface area contributed by atoms with Crippen molar-refractivity contribution in [3.8, 4) is 0 Å². The van der Waals surface area contributed by atoms with E-state index in [0.717, 1.165) is 5.82 Å². The van der Waals surface area contributed by atoms with Crippen LogP contribution in [0.2, 0.25) is 10.0 Å². The molecule has 2 rings (SSSR count). The Morgan fingerprint density at radius 1 is 1.36 bits per heavy atom. The van der Waals surface area contributed by atoms with Crippen LogP contribution in [0.15, 0.2) is 6.20 Å². The number of imidazole rings is 1. The SMILES string of the molecule is CC(C)c1nc2ncc(Cl)c(Cl)c2[nH]1. The first-order valence-electron chi connectivity index (χ1n) is 4.29. The first-order valence-corrected chi connectivity index (χ1v) is 5.04. The number of H-pyrrole nitrogens is 1. The van der Waals surface area contributed by atoms with Crippen LogP contribution in [-0.4, -0.2) is 15.0 Å². The quantitative estimate of drug-likeness (QED) is 0.815. The lowest BCUT2D eigenvalue weighted by Gasteiger charge is -1.96. The van der Waals surface area contributed by atoms with E-state index in [-0.39, 0.29) is 0 Å². The summed E-state index contributed by atoms with van der Waals surface area (Å²) in [5, 5.41) is 0.925. The van der Waals surface area contributed by atoms with Crippen molar-refractivity contribution < 1.29 is 0 Å². The van der Waals surface area contributed by atoms with Gasteiger partial charge in [-0.3, -0.25) is 0 Å². The Labute approximate surface area is 91.5 Å². The molecule has 5 heteroatoms. The van der Waals surface area contributed by atoms with Crippen LogP contribution in [0.25, 0.3) is 11.2 Å². The molecule has 2 aromatic heterocycles. The molecule has 0 aliphatic carbocycles. The van der Waals surface area contributed by atoms with E-state index in [0.29, 0.717) is 27.1 Å². The highest BCUT2D eigenvalue weighted by Crippen LogP contribution is 2.28. The predicted octanol–water partition coefficient (Wildman–Crippen LogP) is 3.39. The summed E-state index contributed by atoms with van der Waals surface area (Å²) in [6.45, 7) is 4.10. The molecule has 3 nitrogen and oxygen atoms in total. The van der Waals surface area contributed by atoms with E-state index in [1.807, 2.05) is 13.8 Å². The Bertz CT molecular complexity index is 476. The summed E-state index contributed by atoms with van der Waals surface area (Å²) in [6.07, 6.45) is 1.51. The average molecular weight is 230 g/mol. The van der Waals surface area contributed by atoms with E-state index in [1.165, 1.54) is 6.20 Å². The molecule has 0 unspecified atom stereocenters. The fourth-order valence-corrected chi connectivity index (χ4v) is 1.52. The maximum Gasteiger partial charge on any atom is 0.179 e. The Kier molecular flexibility index (Phi) is 2.37. The third-order valence-corrected chi connectivity index (χ3v) is 2.76. The van der Waals surface area contributed by atoms with Gasteiger partial charge in [-0.2, -0.15) is 0 Å². The molecular weight excluding hydrogens is 221 g/mol. The summed E-state index contributed by atoms with van der Waals surface area (Å²) in [4.78, 5) is 11.5. The Morgan fingerprint density at radius 2 is 2.07 bits per heavy atom. The number of aromatic amines is 1. The third-order valence-electron chi connectivity index (χ3n) is 1.98. The van der Waals surface area contributed by atoms with Gasteiger partial charge in [0.1, 0.15) is 11.3 Å². The zero-order chi connectivity index (χ0) is 10.3. The zero-order valence-corrected chi connectivity index (χ0v) is 9.32. The minimum atomic E-state index is 0.319. The normalized spacial score (nSPS) is 11.5. The molecule has 0 spiro atoms. The van der Waals surface area contributed by atoms with Gasteiger partial charge in [-0.05, 0) is 0 Å². The van der Waals surface area contributed by atoms with Gasteiger partial charge in [0.2, 0.25) is 0 Å². The smallest absolute Gasteiger partial charge is 0.179 e. The molecule has 1 N–H and O–H groups in total. The van der Waals surface area contributed by atoms with Gasteiger partial charge in [0, 0.05) is 12.1 Å². The lowest BCUT2D eigenvalue weighted by atomic mass is 10.2. The van der Waals surface area contributed by atoms with Crippen molar-refractivity contribution in [3.63, 3.8) is 0 Å². The van der Waals surface area contributed by atoms with Crippen molar-refractivity contribution in [2.24, 2.45) is 0 Å². The fraction of sp³-hybridized carbons (Fsp3) is 0.333. The van der Waals surface area contributed by atoms with Crippen LogP contribution in [0.5, 0.6) is 0 Å². The summed E-state index contributed by atoms with van der Waals surface area (Å²) in [5.41, 5.74) is 1.32. The molecule has 0 saturated carbocycles. The number of halogens is 2. The van der Waals surface area contributed by atoms with Gasteiger partial charge in [0.05, 0.1) is 10.0 Å². The summed E-state index contributed by atoms with van der Waals surface area (Å²) in [5.74, 6) is 1.19. The second kappa shape index (κ2) is 3.41. The first-order chi connectivity index (χ1) is 6.59. The van der Waals surface area contributed by atoms with E-state index < -0.39 is 0 Å². The summed E-state index contributed by atoms with van der Waals surface area (Å²) < 4.78 is 0. The topological polar surface area (TPSA) is 41.6 Å². The van der Waals surface area contributed by atoms with Crippen molar-refractivity contribution in [3.05, 3.63) is 22.1 Å². The largest absolute Gasteiger partial charge is 0.339 e. The van der Waals surface area contributed by atoms with E-state index in [2.05, 4.69) is 15.0 Å². The molecule has 2 aromatic rings. The molecule has 0 fully saturated rings. The fourth-order valence-electron chi connectivity index (χ4n) is 1.20. The molecule has 0 atom stereocenters. The van der Waals surface area contributed by atoms with Crippen molar-refractivity contribution in [1.82, 2.24) is 15.0 Å². The van der Waals surface area contributed by atoms with E-state index in [9.17, 15) is 0 Å². The lowest BCUT2D eigenvalue weighted by Crippen LogP contribution is -1.88. The van der Waals surface area contributed by atoms with Crippen LogP contribution in [0.4, 0.5) is 0 Å². The second-order valence-corrected chi connectivity index (χ2v) is 4.18. The average Bonchev–Trinajstić information content (AvgIpc) is 2.56. The van der Waals surface area contributed by atoms with Gasteiger partial charge < -0.3 is 4.98 Å². The highest BCUT2D eigenvalue weighted by atomic mass is 35.5. The molecule has 14 heavy (non-hydrogen) atoms. The minimum Gasteiger partial charge on any atom is -0.339 e. The van der Waals surface area contributed by atoms with E-state index in [1.54, 1.807) is 0 Å². The third kappa shape index (κ3) is 1.47. The number of nitrogens with one attached hydrogen (secondary N) is 1. The number of fused-ring (bicyclic) bond motifs is 1. The van der Waals surface area contributed by atoms with Gasteiger partial charge in [-0.1, -0.05) is 37.0 Å². The standard InChI is InChI=1S/C9H9Cl2N3/c1-4(2)8-13-7-6(11)5(10)3-12-9(7)14-8/h3-4H,1-2H3,(H,12,13,14). The van der Waals surface area contributed by atoms with Gasteiger partial charge in [0.15, 0.2) is 5.65 Å². The molecule has 0 radical (unpaired) electrons. The highest BCUT2D eigenvalue weighted by Gasteiger charge is 2.11. The Hall–Kier alpha value is -0.800. The minimum absolute atomic E-state index is 0.319. The van der Waals surface area contributed by atoms with Crippen molar-refractivity contribution in [2.45, 2.75) is 19.8 Å². The first kappa shape index (κ1) is 9.74. The molecule has 0 bridgehead atoms. The molecule has 0 saturated heterocycles. The van der Waals surface area contributed by atoms with Gasteiger partial charge >= 0.3 is 0 Å². The van der Waals surface area contributed by atoms with Crippen LogP contribution in [-0.2, 0) is 0 Å². The van der Waals surface area contributed by atoms with Crippen LogP contribution < -0.4 is 0 Å². The maximum absolute atomic E-state index is 6.00. The molecule has 0 amide bonds. The molecule has 0 aliphatic heterocycles. The van der Waals surface area contributed by atoms with Gasteiger partial charge in [0.25, 0.3) is 0 Å². The number of hydrogen-bond acceptors (Lipinski definition) is 2. The van der Waals surface area contributed by atoms with Crippen molar-refractivity contribution in [2.75, 3.05) is 0 Å². The van der Waals surface area contributed by atoms with Crippen LogP contribution in [0.3, 0.4) is 0 Å². The monoisotopic (exact) mass is 229 g/mol. The Morgan fingerprint density at radius 3 is 2.71 bits per heavy atom. The molecule has 74 valence electrons. The molecule has 2 heterocycles. The number of pyridine rings is 1. The van der Waals surface area contributed by atoms with Gasteiger partial charge in [-0.15, -0.1) is 0 Å². The number of rotatable bonds is 1. The number of nitrogens with zero attached hydrogens (tertiary/aromatic N) is 2. The predicted molar refractivity (Wildman–Crippen MR) is 58.0 cm³/mol. The summed E-state index contributed by atoms with van der Waals surface area (Å²) >= 11 is 11.8. The van der Waals surface area contributed by atoms with Crippen LogP contribution in [0.1, 0.15) is 25.6 Å². The molecule has 0 aliphatic rings.